The van der Waals surface area contributed by atoms with Gasteiger partial charge in [-0.25, -0.2) is 0 Å². The molecule has 5 heteroatoms. The van der Waals surface area contributed by atoms with Crippen molar-refractivity contribution in [2.45, 2.75) is 43.7 Å². The molecule has 0 aromatic rings. The fraction of sp³-hybridized carbons (Fsp3) is 0.909. The molecule has 16 heavy (non-hydrogen) atoms. The lowest BCUT2D eigenvalue weighted by Crippen LogP contribution is -2.47. The molecular weight excluding hydrogens is 224 g/mol. The molecule has 1 rings (SSSR count). The van der Waals surface area contributed by atoms with Crippen LogP contribution >= 0.6 is 11.8 Å². The van der Waals surface area contributed by atoms with Crippen LogP contribution in [0.25, 0.3) is 0 Å². The topological polar surface area (TPSA) is 75.4 Å². The van der Waals surface area contributed by atoms with E-state index in [1.807, 2.05) is 6.26 Å². The summed E-state index contributed by atoms with van der Waals surface area (Å²) in [5.41, 5.74) is 5.04. The van der Waals surface area contributed by atoms with Gasteiger partial charge in [0.1, 0.15) is 0 Å². The minimum absolute atomic E-state index is 0.144. The van der Waals surface area contributed by atoms with Crippen LogP contribution in [0, 0.1) is 0 Å². The lowest BCUT2D eigenvalue weighted by Gasteiger charge is -2.23. The van der Waals surface area contributed by atoms with Gasteiger partial charge in [-0.1, -0.05) is 12.8 Å². The van der Waals surface area contributed by atoms with E-state index < -0.39 is 11.6 Å². The number of amides is 1. The van der Waals surface area contributed by atoms with Crippen LogP contribution in [0.3, 0.4) is 0 Å². The number of hydrogen-bond acceptors (Lipinski definition) is 4. The third kappa shape index (κ3) is 4.31. The highest BCUT2D eigenvalue weighted by molar-refractivity contribution is 7.98. The Morgan fingerprint density at radius 3 is 2.75 bits per heavy atom. The number of thioether (sulfide) groups is 1. The number of rotatable bonds is 6. The summed E-state index contributed by atoms with van der Waals surface area (Å²) in [6, 6.07) is -0.447. The van der Waals surface area contributed by atoms with Crippen molar-refractivity contribution in [3.63, 3.8) is 0 Å². The highest BCUT2D eigenvalue weighted by atomic mass is 32.2. The summed E-state index contributed by atoms with van der Waals surface area (Å²) in [7, 11) is 0. The molecule has 1 aliphatic rings. The van der Waals surface area contributed by atoms with Crippen LogP contribution < -0.4 is 11.1 Å². The minimum Gasteiger partial charge on any atom is -0.388 e. The molecule has 1 fully saturated rings. The molecule has 0 heterocycles. The number of nitrogens with one attached hydrogen (secondary N) is 1. The summed E-state index contributed by atoms with van der Waals surface area (Å²) in [5.74, 6) is 0.744. The van der Waals surface area contributed by atoms with Crippen molar-refractivity contribution < 1.29 is 9.90 Å². The van der Waals surface area contributed by atoms with E-state index in [0.717, 1.165) is 31.4 Å². The van der Waals surface area contributed by atoms with Gasteiger partial charge in [-0.3, -0.25) is 4.79 Å². The molecule has 1 atom stereocenters. The van der Waals surface area contributed by atoms with E-state index >= 15 is 0 Å². The molecule has 4 N–H and O–H groups in total. The van der Waals surface area contributed by atoms with E-state index in [1.54, 1.807) is 11.8 Å². The predicted octanol–water partition coefficient (Wildman–Crippen LogP) is 0.488. The first-order valence-electron chi connectivity index (χ1n) is 5.82. The third-order valence-electron chi connectivity index (χ3n) is 3.10. The maximum absolute atomic E-state index is 11.6. The maximum Gasteiger partial charge on any atom is 0.237 e. The molecule has 1 saturated carbocycles. The molecule has 0 saturated heterocycles. The molecule has 0 aromatic heterocycles. The highest BCUT2D eigenvalue weighted by Crippen LogP contribution is 2.28. The number of aliphatic hydroxyl groups is 1. The van der Waals surface area contributed by atoms with Crippen LogP contribution in [0.15, 0.2) is 0 Å². The Kier molecular flexibility index (Phi) is 5.58. The predicted molar refractivity (Wildman–Crippen MR) is 67.4 cm³/mol. The summed E-state index contributed by atoms with van der Waals surface area (Å²) in [6.07, 6.45) is 6.34. The van der Waals surface area contributed by atoms with Crippen LogP contribution in [-0.4, -0.2) is 41.2 Å². The Morgan fingerprint density at radius 1 is 1.56 bits per heavy atom. The summed E-state index contributed by atoms with van der Waals surface area (Å²) in [6.45, 7) is 0.346. The molecular formula is C11H22N2O2S. The lowest BCUT2D eigenvalue weighted by atomic mass is 10.0. The summed E-state index contributed by atoms with van der Waals surface area (Å²) < 4.78 is 0. The second-order valence-corrected chi connectivity index (χ2v) is 5.52. The minimum atomic E-state index is -0.686. The average molecular weight is 246 g/mol. The van der Waals surface area contributed by atoms with Gasteiger partial charge < -0.3 is 16.2 Å². The van der Waals surface area contributed by atoms with Gasteiger partial charge in [-0.15, -0.1) is 0 Å². The van der Waals surface area contributed by atoms with E-state index in [-0.39, 0.29) is 5.91 Å². The van der Waals surface area contributed by atoms with Gasteiger partial charge in [0.15, 0.2) is 0 Å². The Hall–Kier alpha value is -0.260. The number of carbonyl (C=O) groups excluding carboxylic acids is 1. The Bertz CT molecular complexity index is 230. The first-order valence-corrected chi connectivity index (χ1v) is 7.21. The van der Waals surface area contributed by atoms with Gasteiger partial charge in [0, 0.05) is 6.54 Å². The van der Waals surface area contributed by atoms with E-state index in [1.165, 1.54) is 0 Å². The third-order valence-corrected chi connectivity index (χ3v) is 3.74. The SMILES string of the molecule is CSCC[C@H](N)C(=O)NCC1(O)CCCC1. The van der Waals surface area contributed by atoms with Gasteiger partial charge in [0.05, 0.1) is 11.6 Å². The molecule has 1 aliphatic carbocycles. The van der Waals surface area contributed by atoms with E-state index in [9.17, 15) is 9.90 Å². The number of nitrogens with two attached hydrogens (primary N) is 1. The van der Waals surface area contributed by atoms with Crippen molar-refractivity contribution in [3.8, 4) is 0 Å². The van der Waals surface area contributed by atoms with Crippen molar-refractivity contribution in [3.05, 3.63) is 0 Å². The second kappa shape index (κ2) is 6.47. The van der Waals surface area contributed by atoms with E-state index in [2.05, 4.69) is 5.32 Å². The summed E-state index contributed by atoms with van der Waals surface area (Å²) in [5, 5.41) is 12.8. The van der Waals surface area contributed by atoms with Gasteiger partial charge >= 0.3 is 0 Å². The molecule has 0 spiro atoms. The van der Waals surface area contributed by atoms with Gasteiger partial charge in [0.2, 0.25) is 5.91 Å². The van der Waals surface area contributed by atoms with E-state index in [0.29, 0.717) is 13.0 Å². The first kappa shape index (κ1) is 13.8. The van der Waals surface area contributed by atoms with Crippen LogP contribution in [0.2, 0.25) is 0 Å². The van der Waals surface area contributed by atoms with Crippen LogP contribution in [0.4, 0.5) is 0 Å². The van der Waals surface area contributed by atoms with Crippen molar-refractivity contribution >= 4 is 17.7 Å². The fourth-order valence-corrected chi connectivity index (χ4v) is 2.46. The number of hydrogen-bond donors (Lipinski definition) is 3. The smallest absolute Gasteiger partial charge is 0.237 e. The molecule has 4 nitrogen and oxygen atoms in total. The average Bonchev–Trinajstić information content (AvgIpc) is 2.70. The van der Waals surface area contributed by atoms with Crippen molar-refractivity contribution in [1.29, 1.82) is 0 Å². The molecule has 0 aliphatic heterocycles. The normalized spacial score (nSPS) is 20.7. The Labute approximate surface area is 101 Å². The monoisotopic (exact) mass is 246 g/mol. The highest BCUT2D eigenvalue weighted by Gasteiger charge is 2.31. The van der Waals surface area contributed by atoms with Crippen molar-refractivity contribution in [2.75, 3.05) is 18.6 Å². The van der Waals surface area contributed by atoms with Crippen LogP contribution in [-0.2, 0) is 4.79 Å². The molecule has 0 bridgehead atoms. The zero-order valence-electron chi connectivity index (χ0n) is 9.87. The molecule has 0 aromatic carbocycles. The molecule has 1 amide bonds. The van der Waals surface area contributed by atoms with Crippen molar-refractivity contribution in [2.24, 2.45) is 5.73 Å². The van der Waals surface area contributed by atoms with E-state index in [4.69, 9.17) is 5.73 Å². The fourth-order valence-electron chi connectivity index (χ4n) is 1.97. The molecule has 0 radical (unpaired) electrons. The first-order chi connectivity index (χ1) is 7.57. The Balaban J connectivity index is 2.23. The largest absolute Gasteiger partial charge is 0.388 e. The lowest BCUT2D eigenvalue weighted by molar-refractivity contribution is -0.123. The zero-order chi connectivity index (χ0) is 12.0. The summed E-state index contributed by atoms with van der Waals surface area (Å²) in [4.78, 5) is 11.6. The van der Waals surface area contributed by atoms with Crippen LogP contribution in [0.1, 0.15) is 32.1 Å². The number of carbonyl (C=O) groups is 1. The van der Waals surface area contributed by atoms with Crippen LogP contribution in [0.5, 0.6) is 0 Å². The van der Waals surface area contributed by atoms with Gasteiger partial charge in [-0.05, 0) is 31.3 Å². The standard InChI is InChI=1S/C11H22N2O2S/c1-16-7-4-9(12)10(14)13-8-11(15)5-2-3-6-11/h9,15H,2-8,12H2,1H3,(H,13,14)/t9-/m0/s1. The quantitative estimate of drug-likeness (QED) is 0.637. The Morgan fingerprint density at radius 2 is 2.19 bits per heavy atom. The summed E-state index contributed by atoms with van der Waals surface area (Å²) >= 11 is 1.68. The zero-order valence-corrected chi connectivity index (χ0v) is 10.7. The van der Waals surface area contributed by atoms with Gasteiger partial charge in [-0.2, -0.15) is 11.8 Å². The maximum atomic E-state index is 11.6. The second-order valence-electron chi connectivity index (χ2n) is 4.54. The molecule has 94 valence electrons. The van der Waals surface area contributed by atoms with Crippen molar-refractivity contribution in [1.82, 2.24) is 5.32 Å². The van der Waals surface area contributed by atoms with Gasteiger partial charge in [0.25, 0.3) is 0 Å². The molecule has 0 unspecified atom stereocenters.